The maximum Gasteiger partial charge on any atom is 0.335 e. The molecule has 0 aromatic heterocycles. The van der Waals surface area contributed by atoms with Gasteiger partial charge >= 0.3 is 5.97 Å². The van der Waals surface area contributed by atoms with Crippen molar-refractivity contribution in [2.75, 3.05) is 6.61 Å². The molecule has 2 aromatic rings. The van der Waals surface area contributed by atoms with Crippen molar-refractivity contribution in [2.45, 2.75) is 30.7 Å². The Morgan fingerprint density at radius 1 is 1.00 bits per heavy atom. The lowest BCUT2D eigenvalue weighted by molar-refractivity contribution is -0.277. The molecule has 0 saturated carbocycles. The first-order chi connectivity index (χ1) is 12.9. The van der Waals surface area contributed by atoms with Crippen molar-refractivity contribution >= 4 is 5.97 Å². The highest BCUT2D eigenvalue weighted by Gasteiger charge is 2.44. The number of rotatable bonds is 5. The number of aliphatic hydroxyl groups is 4. The lowest BCUT2D eigenvalue weighted by atomic mass is 9.99. The van der Waals surface area contributed by atoms with E-state index in [1.165, 1.54) is 12.1 Å². The second-order valence-corrected chi connectivity index (χ2v) is 6.20. The zero-order chi connectivity index (χ0) is 19.6. The molecule has 0 amide bonds. The highest BCUT2D eigenvalue weighted by atomic mass is 16.7. The molecule has 0 aliphatic carbocycles. The van der Waals surface area contributed by atoms with Crippen LogP contribution in [0.15, 0.2) is 48.5 Å². The summed E-state index contributed by atoms with van der Waals surface area (Å²) in [5, 5.41) is 48.3. The van der Waals surface area contributed by atoms with Crippen molar-refractivity contribution in [3.8, 4) is 16.9 Å². The van der Waals surface area contributed by atoms with Crippen LogP contribution in [0.3, 0.4) is 0 Å². The van der Waals surface area contributed by atoms with E-state index in [0.717, 1.165) is 0 Å². The number of benzene rings is 2. The molecule has 1 heterocycles. The molecule has 1 aliphatic rings. The van der Waals surface area contributed by atoms with Gasteiger partial charge in [-0.3, -0.25) is 0 Å². The average molecular weight is 376 g/mol. The van der Waals surface area contributed by atoms with E-state index in [9.17, 15) is 30.3 Å². The fraction of sp³-hybridized carbons (Fsp3) is 0.316. The van der Waals surface area contributed by atoms with Crippen LogP contribution in [0.5, 0.6) is 5.75 Å². The third-order valence-electron chi connectivity index (χ3n) is 4.40. The molecule has 1 fully saturated rings. The van der Waals surface area contributed by atoms with E-state index in [1.807, 2.05) is 0 Å². The topological polar surface area (TPSA) is 137 Å². The minimum atomic E-state index is -1.55. The highest BCUT2D eigenvalue weighted by molar-refractivity contribution is 5.89. The Hall–Kier alpha value is -2.49. The maximum absolute atomic E-state index is 11.2. The lowest BCUT2D eigenvalue weighted by Gasteiger charge is -2.39. The van der Waals surface area contributed by atoms with Crippen LogP contribution in [0.25, 0.3) is 11.1 Å². The van der Waals surface area contributed by atoms with Crippen molar-refractivity contribution in [3.05, 3.63) is 54.1 Å². The van der Waals surface area contributed by atoms with E-state index in [4.69, 9.17) is 9.47 Å². The van der Waals surface area contributed by atoms with E-state index in [-0.39, 0.29) is 11.3 Å². The Balaban J connectivity index is 1.90. The molecule has 5 atom stereocenters. The summed E-state index contributed by atoms with van der Waals surface area (Å²) in [7, 11) is 0. The summed E-state index contributed by atoms with van der Waals surface area (Å²) in [5.41, 5.74) is 1.24. The van der Waals surface area contributed by atoms with E-state index < -0.39 is 43.3 Å². The van der Waals surface area contributed by atoms with Crippen molar-refractivity contribution in [1.82, 2.24) is 0 Å². The zero-order valence-corrected chi connectivity index (χ0v) is 14.2. The standard InChI is InChI=1S/C19H20O8/c20-9-14-15(21)16(22)17(23)19(27-14)26-13-7-2-1-6-12(13)10-4-3-5-11(8-10)18(24)25/h1-8,14-17,19-23H,9H2,(H,24,25)/t14-,15+,16+,17-,19-/m1/s1. The third kappa shape index (κ3) is 3.95. The number of ether oxygens (including phenoxy) is 2. The van der Waals surface area contributed by atoms with Crippen LogP contribution >= 0.6 is 0 Å². The fourth-order valence-electron chi connectivity index (χ4n) is 2.92. The van der Waals surface area contributed by atoms with E-state index in [1.54, 1.807) is 36.4 Å². The number of aromatic carboxylic acids is 1. The van der Waals surface area contributed by atoms with Gasteiger partial charge in [-0.1, -0.05) is 30.3 Å². The van der Waals surface area contributed by atoms with Gasteiger partial charge < -0.3 is 35.0 Å². The van der Waals surface area contributed by atoms with Gasteiger partial charge in [0.2, 0.25) is 6.29 Å². The number of hydrogen-bond donors (Lipinski definition) is 5. The molecule has 8 nitrogen and oxygen atoms in total. The predicted molar refractivity (Wildman–Crippen MR) is 93.2 cm³/mol. The summed E-state index contributed by atoms with van der Waals surface area (Å²) in [6.45, 7) is -0.562. The Bertz CT molecular complexity index is 806. The summed E-state index contributed by atoms with van der Waals surface area (Å²) in [6.07, 6.45) is -6.99. The third-order valence-corrected chi connectivity index (χ3v) is 4.40. The minimum Gasteiger partial charge on any atom is -0.478 e. The zero-order valence-electron chi connectivity index (χ0n) is 14.2. The van der Waals surface area contributed by atoms with Crippen LogP contribution in [0.4, 0.5) is 0 Å². The van der Waals surface area contributed by atoms with Crippen molar-refractivity contribution < 1.29 is 39.8 Å². The molecule has 27 heavy (non-hydrogen) atoms. The first-order valence-corrected chi connectivity index (χ1v) is 8.32. The summed E-state index contributed by atoms with van der Waals surface area (Å²) in [4.78, 5) is 11.2. The minimum absolute atomic E-state index is 0.107. The maximum atomic E-state index is 11.2. The summed E-state index contributed by atoms with van der Waals surface area (Å²) in [5.74, 6) is -0.784. The second kappa shape index (κ2) is 8.03. The van der Waals surface area contributed by atoms with Gasteiger partial charge in [0.15, 0.2) is 0 Å². The number of aliphatic hydroxyl groups excluding tert-OH is 4. The molecule has 0 spiro atoms. The number of carboxylic acids is 1. The molecule has 1 aliphatic heterocycles. The van der Waals surface area contributed by atoms with Crippen LogP contribution in [-0.2, 0) is 4.74 Å². The lowest BCUT2D eigenvalue weighted by Crippen LogP contribution is -2.60. The van der Waals surface area contributed by atoms with Gasteiger partial charge in [-0.15, -0.1) is 0 Å². The number of hydrogen-bond acceptors (Lipinski definition) is 7. The van der Waals surface area contributed by atoms with Gasteiger partial charge in [0.1, 0.15) is 30.2 Å². The number of carboxylic acid groups (broad SMARTS) is 1. The molecule has 1 saturated heterocycles. The monoisotopic (exact) mass is 376 g/mol. The molecular weight excluding hydrogens is 356 g/mol. The van der Waals surface area contributed by atoms with Gasteiger partial charge in [0, 0.05) is 5.56 Å². The first kappa shape index (κ1) is 19.3. The van der Waals surface area contributed by atoms with E-state index in [0.29, 0.717) is 11.1 Å². The summed E-state index contributed by atoms with van der Waals surface area (Å²) in [6, 6.07) is 13.0. The Labute approximate surface area is 154 Å². The quantitative estimate of drug-likeness (QED) is 0.500. The Morgan fingerprint density at radius 2 is 1.74 bits per heavy atom. The van der Waals surface area contributed by atoms with E-state index >= 15 is 0 Å². The summed E-state index contributed by atoms with van der Waals surface area (Å²) < 4.78 is 11.1. The molecule has 5 N–H and O–H groups in total. The van der Waals surface area contributed by atoms with Crippen LogP contribution in [0.2, 0.25) is 0 Å². The molecule has 0 radical (unpaired) electrons. The van der Waals surface area contributed by atoms with Crippen molar-refractivity contribution in [1.29, 1.82) is 0 Å². The van der Waals surface area contributed by atoms with Crippen LogP contribution in [0.1, 0.15) is 10.4 Å². The molecule has 8 heteroatoms. The summed E-state index contributed by atoms with van der Waals surface area (Å²) >= 11 is 0. The van der Waals surface area contributed by atoms with Gasteiger partial charge in [-0.05, 0) is 23.8 Å². The van der Waals surface area contributed by atoms with Gasteiger partial charge in [-0.25, -0.2) is 4.79 Å². The number of para-hydroxylation sites is 1. The normalized spacial score (nSPS) is 27.9. The molecule has 144 valence electrons. The van der Waals surface area contributed by atoms with Crippen LogP contribution in [-0.4, -0.2) is 68.8 Å². The fourth-order valence-corrected chi connectivity index (χ4v) is 2.92. The SMILES string of the molecule is O=C(O)c1cccc(-c2ccccc2O[C@@H]2O[C@H](CO)[C@H](O)[C@H](O)[C@H]2O)c1. The molecular formula is C19H20O8. The molecule has 0 bridgehead atoms. The van der Waals surface area contributed by atoms with Crippen molar-refractivity contribution in [3.63, 3.8) is 0 Å². The van der Waals surface area contributed by atoms with Gasteiger partial charge in [0.25, 0.3) is 0 Å². The first-order valence-electron chi connectivity index (χ1n) is 8.32. The molecule has 0 unspecified atom stereocenters. The largest absolute Gasteiger partial charge is 0.478 e. The van der Waals surface area contributed by atoms with E-state index in [2.05, 4.69) is 0 Å². The van der Waals surface area contributed by atoms with Crippen molar-refractivity contribution in [2.24, 2.45) is 0 Å². The average Bonchev–Trinajstić information content (AvgIpc) is 2.69. The van der Waals surface area contributed by atoms with Gasteiger partial charge in [0.05, 0.1) is 12.2 Å². The van der Waals surface area contributed by atoms with Crippen LogP contribution in [0, 0.1) is 0 Å². The Kier molecular flexibility index (Phi) is 5.73. The van der Waals surface area contributed by atoms with Gasteiger partial charge in [-0.2, -0.15) is 0 Å². The Morgan fingerprint density at radius 3 is 2.44 bits per heavy atom. The second-order valence-electron chi connectivity index (χ2n) is 6.20. The predicted octanol–water partition coefficient (Wildman–Crippen LogP) is 0.230. The number of carbonyl (C=O) groups is 1. The van der Waals surface area contributed by atoms with Crippen LogP contribution < -0.4 is 4.74 Å². The smallest absolute Gasteiger partial charge is 0.335 e. The molecule has 3 rings (SSSR count). The molecule has 2 aromatic carbocycles. The highest BCUT2D eigenvalue weighted by Crippen LogP contribution is 2.33.